The third kappa shape index (κ3) is 2.67. The lowest BCUT2D eigenvalue weighted by Crippen LogP contribution is -2.23. The highest BCUT2D eigenvalue weighted by molar-refractivity contribution is 7.71. The zero-order valence-corrected chi connectivity index (χ0v) is 7.54. The molecule has 2 N–H and O–H groups in total. The highest BCUT2D eigenvalue weighted by Gasteiger charge is 1.98. The van der Waals surface area contributed by atoms with Crippen LogP contribution in [0.15, 0.2) is 11.5 Å². The number of amides is 1. The molecule has 1 rings (SSSR count). The number of carbonyl (C=O) groups is 1. The first-order chi connectivity index (χ1) is 6.24. The molecule has 0 radical (unpaired) electrons. The molecule has 0 bridgehead atoms. The van der Waals surface area contributed by atoms with E-state index in [1.807, 2.05) is 0 Å². The number of aromatic nitrogens is 3. The van der Waals surface area contributed by atoms with Gasteiger partial charge in [0, 0.05) is 0 Å². The second kappa shape index (κ2) is 4.36. The van der Waals surface area contributed by atoms with Crippen molar-refractivity contribution in [1.82, 2.24) is 14.9 Å². The Morgan fingerprint density at radius 3 is 3.31 bits per heavy atom. The summed E-state index contributed by atoms with van der Waals surface area (Å²) in [6, 6.07) is 0. The van der Waals surface area contributed by atoms with E-state index >= 15 is 0 Å². The van der Waals surface area contributed by atoms with Crippen LogP contribution in [-0.4, -0.2) is 34.1 Å². The highest BCUT2D eigenvalue weighted by Crippen LogP contribution is 1.81. The molecule has 1 amide bonds. The van der Waals surface area contributed by atoms with E-state index in [4.69, 9.17) is 12.2 Å². The molecule has 1 heterocycles. The Labute approximate surface area is 78.4 Å². The maximum Gasteiger partial charge on any atom is 0.284 e. The summed E-state index contributed by atoms with van der Waals surface area (Å²) in [5.41, 5.74) is 2.38. The molecule has 0 aliphatic carbocycles. The summed E-state index contributed by atoms with van der Waals surface area (Å²) in [6.07, 6.45) is 2.32. The van der Waals surface area contributed by atoms with Crippen molar-refractivity contribution in [3.05, 3.63) is 11.1 Å². The number of H-pyrrole nitrogens is 1. The zero-order valence-electron chi connectivity index (χ0n) is 6.72. The molecule has 0 aliphatic rings. The van der Waals surface area contributed by atoms with Crippen LogP contribution in [-0.2, 0) is 9.63 Å². The monoisotopic (exact) mass is 201 g/mol. The van der Waals surface area contributed by atoms with Crippen molar-refractivity contribution < 1.29 is 9.63 Å². The SMILES string of the molecule is CO/N=C/C(=O)Nn1cn[nH]c1=S. The van der Waals surface area contributed by atoms with Crippen molar-refractivity contribution in [3.63, 3.8) is 0 Å². The first kappa shape index (κ1) is 9.39. The molecule has 0 saturated carbocycles. The zero-order chi connectivity index (χ0) is 9.68. The fraction of sp³-hybridized carbons (Fsp3) is 0.200. The molecular weight excluding hydrogens is 194 g/mol. The van der Waals surface area contributed by atoms with Gasteiger partial charge < -0.3 is 4.84 Å². The smallest absolute Gasteiger partial charge is 0.284 e. The van der Waals surface area contributed by atoms with E-state index in [-0.39, 0.29) is 0 Å². The van der Waals surface area contributed by atoms with Gasteiger partial charge in [-0.2, -0.15) is 5.10 Å². The molecule has 0 unspecified atom stereocenters. The molecule has 1 aromatic rings. The maximum atomic E-state index is 11.0. The van der Waals surface area contributed by atoms with Crippen molar-refractivity contribution >= 4 is 24.3 Å². The average molecular weight is 201 g/mol. The first-order valence-electron chi connectivity index (χ1n) is 3.23. The van der Waals surface area contributed by atoms with E-state index in [0.29, 0.717) is 4.77 Å². The van der Waals surface area contributed by atoms with Crippen LogP contribution in [0.3, 0.4) is 0 Å². The Balaban J connectivity index is 2.60. The van der Waals surface area contributed by atoms with E-state index in [9.17, 15) is 4.79 Å². The summed E-state index contributed by atoms with van der Waals surface area (Å²) in [5, 5.41) is 9.33. The fourth-order valence-corrected chi connectivity index (χ4v) is 0.721. The van der Waals surface area contributed by atoms with Gasteiger partial charge in [0.1, 0.15) is 19.7 Å². The number of aromatic amines is 1. The molecule has 0 aliphatic heterocycles. The average Bonchev–Trinajstić information content (AvgIpc) is 2.48. The molecule has 0 saturated heterocycles. The summed E-state index contributed by atoms with van der Waals surface area (Å²) in [5.74, 6) is -0.459. The number of hydrogen-bond donors (Lipinski definition) is 2. The van der Waals surface area contributed by atoms with Crippen molar-refractivity contribution in [3.8, 4) is 0 Å². The number of rotatable bonds is 3. The molecule has 1 aromatic heterocycles. The van der Waals surface area contributed by atoms with Gasteiger partial charge in [-0.1, -0.05) is 5.16 Å². The normalized spacial score (nSPS) is 10.2. The van der Waals surface area contributed by atoms with Gasteiger partial charge in [-0.05, 0) is 12.2 Å². The second-order valence-electron chi connectivity index (χ2n) is 1.92. The van der Waals surface area contributed by atoms with Crippen LogP contribution in [0, 0.1) is 4.77 Å². The van der Waals surface area contributed by atoms with Crippen molar-refractivity contribution in [2.45, 2.75) is 0 Å². The van der Waals surface area contributed by atoms with Crippen LogP contribution >= 0.6 is 12.2 Å². The summed E-state index contributed by atoms with van der Waals surface area (Å²) < 4.78 is 1.54. The van der Waals surface area contributed by atoms with E-state index in [1.165, 1.54) is 18.1 Å². The van der Waals surface area contributed by atoms with Crippen molar-refractivity contribution in [2.75, 3.05) is 12.5 Å². The molecule has 70 valence electrons. The van der Waals surface area contributed by atoms with Gasteiger partial charge in [0.25, 0.3) is 5.91 Å². The predicted molar refractivity (Wildman–Crippen MR) is 47.3 cm³/mol. The van der Waals surface area contributed by atoms with E-state index in [1.54, 1.807) is 0 Å². The number of hydrogen-bond acceptors (Lipinski definition) is 5. The van der Waals surface area contributed by atoms with Crippen LogP contribution in [0.5, 0.6) is 0 Å². The van der Waals surface area contributed by atoms with Gasteiger partial charge in [0.15, 0.2) is 0 Å². The molecule has 0 fully saturated rings. The largest absolute Gasteiger partial charge is 0.399 e. The van der Waals surface area contributed by atoms with Gasteiger partial charge in [0.2, 0.25) is 4.77 Å². The van der Waals surface area contributed by atoms with Crippen molar-refractivity contribution in [1.29, 1.82) is 0 Å². The Morgan fingerprint density at radius 2 is 2.77 bits per heavy atom. The van der Waals surface area contributed by atoms with Crippen LogP contribution < -0.4 is 5.43 Å². The van der Waals surface area contributed by atoms with Crippen LogP contribution in [0.4, 0.5) is 0 Å². The molecular formula is C5H7N5O2S. The van der Waals surface area contributed by atoms with Gasteiger partial charge >= 0.3 is 0 Å². The van der Waals surface area contributed by atoms with E-state index in [0.717, 1.165) is 6.21 Å². The molecule has 0 atom stereocenters. The minimum Gasteiger partial charge on any atom is -0.399 e. The minimum absolute atomic E-state index is 0.291. The quantitative estimate of drug-likeness (QED) is 0.397. The summed E-state index contributed by atoms with van der Waals surface area (Å²) in [4.78, 5) is 15.3. The Kier molecular flexibility index (Phi) is 3.15. The summed E-state index contributed by atoms with van der Waals surface area (Å²) >= 11 is 4.77. The van der Waals surface area contributed by atoms with Gasteiger partial charge in [-0.25, -0.2) is 4.68 Å². The molecule has 13 heavy (non-hydrogen) atoms. The first-order valence-corrected chi connectivity index (χ1v) is 3.64. The number of carbonyl (C=O) groups excluding carboxylic acids is 1. The van der Waals surface area contributed by atoms with E-state index in [2.05, 4.69) is 25.6 Å². The Bertz CT molecular complexity index is 367. The fourth-order valence-electron chi connectivity index (χ4n) is 0.576. The number of nitrogens with one attached hydrogen (secondary N) is 2. The Morgan fingerprint density at radius 1 is 2.00 bits per heavy atom. The third-order valence-corrected chi connectivity index (χ3v) is 1.35. The predicted octanol–water partition coefficient (Wildman–Crippen LogP) is -0.357. The summed E-state index contributed by atoms with van der Waals surface area (Å²) in [7, 11) is 1.34. The van der Waals surface area contributed by atoms with Crippen molar-refractivity contribution in [2.24, 2.45) is 5.16 Å². The number of nitrogens with zero attached hydrogens (tertiary/aromatic N) is 3. The number of oxime groups is 1. The van der Waals surface area contributed by atoms with E-state index < -0.39 is 5.91 Å². The Hall–Kier alpha value is -1.70. The minimum atomic E-state index is -0.459. The van der Waals surface area contributed by atoms with Crippen LogP contribution in [0.25, 0.3) is 0 Å². The lowest BCUT2D eigenvalue weighted by Gasteiger charge is -1.98. The topological polar surface area (TPSA) is 84.3 Å². The third-order valence-electron chi connectivity index (χ3n) is 1.06. The summed E-state index contributed by atoms with van der Waals surface area (Å²) in [6.45, 7) is 0. The second-order valence-corrected chi connectivity index (χ2v) is 2.31. The highest BCUT2D eigenvalue weighted by atomic mass is 32.1. The molecule has 0 spiro atoms. The molecule has 0 aromatic carbocycles. The lowest BCUT2D eigenvalue weighted by atomic mass is 10.7. The van der Waals surface area contributed by atoms with Gasteiger partial charge in [-0.3, -0.25) is 15.3 Å². The lowest BCUT2D eigenvalue weighted by molar-refractivity contribution is -0.110. The molecule has 8 heteroatoms. The van der Waals surface area contributed by atoms with Crippen LogP contribution in [0.1, 0.15) is 0 Å². The standard InChI is InChI=1S/C5H7N5O2S/c1-12-7-2-4(11)9-10-3-6-8-5(10)13/h2-3H,1H3,(H,8,13)(H,9,11)/b7-2+. The van der Waals surface area contributed by atoms with Crippen LogP contribution in [0.2, 0.25) is 0 Å². The van der Waals surface area contributed by atoms with Gasteiger partial charge in [-0.15, -0.1) is 0 Å². The maximum absolute atomic E-state index is 11.0. The van der Waals surface area contributed by atoms with Gasteiger partial charge in [0.05, 0.1) is 0 Å². The molecule has 7 nitrogen and oxygen atoms in total.